The second-order valence-corrected chi connectivity index (χ2v) is 6.79. The molecule has 0 amide bonds. The first kappa shape index (κ1) is 23.8. The first-order valence-corrected chi connectivity index (χ1v) is 9.15. The first-order valence-electron chi connectivity index (χ1n) is 9.15. The highest BCUT2D eigenvalue weighted by molar-refractivity contribution is 5.85. The summed E-state index contributed by atoms with van der Waals surface area (Å²) >= 11 is 0. The molecule has 0 spiro atoms. The van der Waals surface area contributed by atoms with E-state index in [1.165, 1.54) is 37.1 Å². The van der Waals surface area contributed by atoms with E-state index < -0.39 is 0 Å². The molecule has 2 aromatic carbocycles. The van der Waals surface area contributed by atoms with Crippen LogP contribution < -0.4 is 5.32 Å². The van der Waals surface area contributed by atoms with Gasteiger partial charge in [0, 0.05) is 25.7 Å². The summed E-state index contributed by atoms with van der Waals surface area (Å²) in [5, 5.41) is 3.60. The van der Waals surface area contributed by atoms with Crippen molar-refractivity contribution in [1.29, 1.82) is 0 Å². The zero-order chi connectivity index (χ0) is 17.6. The predicted molar refractivity (Wildman–Crippen MR) is 112 cm³/mol. The van der Waals surface area contributed by atoms with Crippen LogP contribution >= 0.6 is 24.8 Å². The van der Waals surface area contributed by atoms with Crippen LogP contribution in [-0.2, 0) is 0 Å². The summed E-state index contributed by atoms with van der Waals surface area (Å²) in [7, 11) is 0. The smallest absolute Gasteiger partial charge is 0.123 e. The number of halogens is 4. The van der Waals surface area contributed by atoms with Gasteiger partial charge >= 0.3 is 0 Å². The van der Waals surface area contributed by atoms with Gasteiger partial charge in [-0.15, -0.1) is 24.8 Å². The molecule has 1 fully saturated rings. The van der Waals surface area contributed by atoms with E-state index in [0.717, 1.165) is 37.2 Å². The standard InChI is InChI=1S/C21H26F2N2.2ClH/c1-2-3-4-20-15-25(14-13-24-20)21(16-5-9-18(22)10-6-16)17-7-11-19(23)12-8-17;;/h5-12,20-21,24H,2-4,13-15H2,1H3;2*1H/t20-;;/m0../s1. The summed E-state index contributed by atoms with van der Waals surface area (Å²) in [4.78, 5) is 2.43. The molecule has 1 N–H and O–H groups in total. The van der Waals surface area contributed by atoms with Gasteiger partial charge in [-0.1, -0.05) is 44.0 Å². The molecule has 1 heterocycles. The molecular weight excluding hydrogens is 389 g/mol. The van der Waals surface area contributed by atoms with E-state index in [1.807, 2.05) is 24.3 Å². The van der Waals surface area contributed by atoms with Gasteiger partial charge in [0.15, 0.2) is 0 Å². The van der Waals surface area contributed by atoms with Crippen LogP contribution in [-0.4, -0.2) is 30.6 Å². The fourth-order valence-corrected chi connectivity index (χ4v) is 3.63. The van der Waals surface area contributed by atoms with Crippen molar-refractivity contribution in [3.05, 3.63) is 71.3 Å². The van der Waals surface area contributed by atoms with Crippen LogP contribution in [0.25, 0.3) is 0 Å². The van der Waals surface area contributed by atoms with Gasteiger partial charge in [0.05, 0.1) is 6.04 Å². The Morgan fingerprint density at radius 3 is 1.96 bits per heavy atom. The molecule has 2 aromatic rings. The van der Waals surface area contributed by atoms with E-state index in [2.05, 4.69) is 17.1 Å². The van der Waals surface area contributed by atoms with Crippen LogP contribution in [0.5, 0.6) is 0 Å². The summed E-state index contributed by atoms with van der Waals surface area (Å²) in [6, 6.07) is 13.9. The molecule has 150 valence electrons. The molecule has 0 bridgehead atoms. The zero-order valence-corrected chi connectivity index (χ0v) is 17.2. The lowest BCUT2D eigenvalue weighted by atomic mass is 9.95. The molecule has 0 radical (unpaired) electrons. The van der Waals surface area contributed by atoms with Crippen molar-refractivity contribution in [3.8, 4) is 0 Å². The Bertz CT molecular complexity index is 619. The number of piperazine rings is 1. The van der Waals surface area contributed by atoms with Gasteiger partial charge in [-0.05, 0) is 41.8 Å². The fraction of sp³-hybridized carbons (Fsp3) is 0.429. The van der Waals surface area contributed by atoms with E-state index in [9.17, 15) is 8.78 Å². The maximum absolute atomic E-state index is 13.4. The molecule has 1 atom stereocenters. The third-order valence-electron chi connectivity index (χ3n) is 4.93. The van der Waals surface area contributed by atoms with Crippen molar-refractivity contribution in [2.45, 2.75) is 38.3 Å². The summed E-state index contributed by atoms with van der Waals surface area (Å²) in [6.07, 6.45) is 3.56. The number of nitrogens with one attached hydrogen (secondary N) is 1. The third kappa shape index (κ3) is 6.42. The lowest BCUT2D eigenvalue weighted by Crippen LogP contribution is -2.51. The minimum Gasteiger partial charge on any atom is -0.311 e. The Morgan fingerprint density at radius 2 is 1.48 bits per heavy atom. The van der Waals surface area contributed by atoms with Gasteiger partial charge in [-0.25, -0.2) is 8.78 Å². The van der Waals surface area contributed by atoms with Crippen molar-refractivity contribution >= 4 is 24.8 Å². The second-order valence-electron chi connectivity index (χ2n) is 6.79. The van der Waals surface area contributed by atoms with Crippen molar-refractivity contribution in [3.63, 3.8) is 0 Å². The van der Waals surface area contributed by atoms with Gasteiger partial charge in [-0.3, -0.25) is 4.90 Å². The lowest BCUT2D eigenvalue weighted by Gasteiger charge is -2.39. The molecule has 27 heavy (non-hydrogen) atoms. The predicted octanol–water partition coefficient (Wildman–Crippen LogP) is 5.36. The number of rotatable bonds is 6. The molecule has 0 aliphatic carbocycles. The minimum atomic E-state index is -0.234. The molecule has 1 aliphatic rings. The molecule has 0 saturated carbocycles. The molecule has 2 nitrogen and oxygen atoms in total. The summed E-state index contributed by atoms with van der Waals surface area (Å²) in [6.45, 7) is 5.01. The molecule has 0 unspecified atom stereocenters. The van der Waals surface area contributed by atoms with Crippen LogP contribution in [0.2, 0.25) is 0 Å². The average Bonchev–Trinajstić information content (AvgIpc) is 2.64. The Labute approximate surface area is 173 Å². The summed E-state index contributed by atoms with van der Waals surface area (Å²) < 4.78 is 26.8. The molecule has 1 aliphatic heterocycles. The average molecular weight is 417 g/mol. The van der Waals surface area contributed by atoms with Crippen LogP contribution in [0.1, 0.15) is 43.4 Å². The second kappa shape index (κ2) is 11.6. The van der Waals surface area contributed by atoms with Crippen molar-refractivity contribution in [1.82, 2.24) is 10.2 Å². The summed E-state index contributed by atoms with van der Waals surface area (Å²) in [5.74, 6) is -0.467. The number of hydrogen-bond donors (Lipinski definition) is 1. The normalized spacial score (nSPS) is 17.3. The van der Waals surface area contributed by atoms with Crippen molar-refractivity contribution in [2.24, 2.45) is 0 Å². The molecular formula is C21H28Cl2F2N2. The van der Waals surface area contributed by atoms with E-state index in [4.69, 9.17) is 0 Å². The molecule has 0 aromatic heterocycles. The van der Waals surface area contributed by atoms with E-state index in [1.54, 1.807) is 0 Å². The van der Waals surface area contributed by atoms with Crippen LogP contribution in [0.3, 0.4) is 0 Å². The van der Waals surface area contributed by atoms with E-state index >= 15 is 0 Å². The number of hydrogen-bond acceptors (Lipinski definition) is 2. The minimum absolute atomic E-state index is 0. The topological polar surface area (TPSA) is 15.3 Å². The van der Waals surface area contributed by atoms with Gasteiger partial charge in [0.2, 0.25) is 0 Å². The Hall–Kier alpha value is -1.20. The third-order valence-corrected chi connectivity index (χ3v) is 4.93. The highest BCUT2D eigenvalue weighted by Crippen LogP contribution is 2.30. The largest absolute Gasteiger partial charge is 0.311 e. The number of nitrogens with zero attached hydrogens (tertiary/aromatic N) is 1. The Balaban J connectivity index is 0.00000182. The fourth-order valence-electron chi connectivity index (χ4n) is 3.63. The van der Waals surface area contributed by atoms with Crippen LogP contribution in [0.4, 0.5) is 8.78 Å². The van der Waals surface area contributed by atoms with Gasteiger partial charge in [0.1, 0.15) is 11.6 Å². The van der Waals surface area contributed by atoms with Crippen LogP contribution in [0, 0.1) is 11.6 Å². The quantitative estimate of drug-likeness (QED) is 0.681. The van der Waals surface area contributed by atoms with E-state index in [-0.39, 0.29) is 42.5 Å². The zero-order valence-electron chi connectivity index (χ0n) is 15.5. The molecule has 1 saturated heterocycles. The maximum atomic E-state index is 13.4. The molecule has 6 heteroatoms. The highest BCUT2D eigenvalue weighted by atomic mass is 35.5. The number of benzene rings is 2. The monoisotopic (exact) mass is 416 g/mol. The Kier molecular flexibility index (Phi) is 10.2. The van der Waals surface area contributed by atoms with Gasteiger partial charge in [-0.2, -0.15) is 0 Å². The summed E-state index contributed by atoms with van der Waals surface area (Å²) in [5.41, 5.74) is 2.09. The van der Waals surface area contributed by atoms with Crippen LogP contribution in [0.15, 0.2) is 48.5 Å². The number of unbranched alkanes of at least 4 members (excludes halogenated alkanes) is 1. The van der Waals surface area contributed by atoms with Gasteiger partial charge < -0.3 is 5.32 Å². The maximum Gasteiger partial charge on any atom is 0.123 e. The van der Waals surface area contributed by atoms with Crippen molar-refractivity contribution < 1.29 is 8.78 Å². The first-order chi connectivity index (χ1) is 12.2. The van der Waals surface area contributed by atoms with Crippen molar-refractivity contribution in [2.75, 3.05) is 19.6 Å². The van der Waals surface area contributed by atoms with Gasteiger partial charge in [0.25, 0.3) is 0 Å². The highest BCUT2D eigenvalue weighted by Gasteiger charge is 2.27. The lowest BCUT2D eigenvalue weighted by molar-refractivity contribution is 0.158. The molecule has 3 rings (SSSR count). The SMILES string of the molecule is CCCC[C@H]1CN(C(c2ccc(F)cc2)c2ccc(F)cc2)CCN1.Cl.Cl. The van der Waals surface area contributed by atoms with E-state index in [0.29, 0.717) is 6.04 Å². The Morgan fingerprint density at radius 1 is 0.963 bits per heavy atom.